The molecule has 0 aliphatic carbocycles. The highest BCUT2D eigenvalue weighted by Gasteiger charge is 2.27. The predicted octanol–water partition coefficient (Wildman–Crippen LogP) is 2.75. The minimum absolute atomic E-state index is 0.0192. The average Bonchev–Trinajstić information content (AvgIpc) is 3.09. The number of sulfonamides is 1. The van der Waals surface area contributed by atoms with Gasteiger partial charge in [-0.25, -0.2) is 17.5 Å². The van der Waals surface area contributed by atoms with Crippen molar-refractivity contribution < 1.29 is 22.3 Å². The van der Waals surface area contributed by atoms with Crippen LogP contribution in [0.4, 0.5) is 4.39 Å². The minimum atomic E-state index is -3.51. The van der Waals surface area contributed by atoms with E-state index in [0.29, 0.717) is 25.0 Å². The highest BCUT2D eigenvalue weighted by atomic mass is 32.2. The molecule has 0 aromatic heterocycles. The molecule has 0 spiro atoms. The lowest BCUT2D eigenvalue weighted by molar-refractivity contribution is 0.250. The van der Waals surface area contributed by atoms with Crippen LogP contribution in [-0.2, 0) is 22.9 Å². The molecule has 0 saturated heterocycles. The van der Waals surface area contributed by atoms with E-state index in [1.54, 1.807) is 12.1 Å². The number of hydrogen-bond donors (Lipinski definition) is 1. The van der Waals surface area contributed by atoms with E-state index in [-0.39, 0.29) is 18.1 Å². The smallest absolute Gasteiger partial charge is 0.212 e. The normalized spacial score (nSPS) is 18.6. The molecule has 1 N–H and O–H groups in total. The van der Waals surface area contributed by atoms with E-state index in [0.717, 1.165) is 23.3 Å². The first kappa shape index (κ1) is 17.3. The number of benzene rings is 2. The second-order valence-corrected chi connectivity index (χ2v) is 8.45. The van der Waals surface area contributed by atoms with Gasteiger partial charge in [0.25, 0.3) is 0 Å². The lowest BCUT2D eigenvalue weighted by Crippen LogP contribution is -2.34. The summed E-state index contributed by atoms with van der Waals surface area (Å²) in [4.78, 5) is 0. The van der Waals surface area contributed by atoms with Gasteiger partial charge in [0.15, 0.2) is 11.6 Å². The third-order valence-electron chi connectivity index (χ3n) is 4.76. The Morgan fingerprint density at radius 3 is 2.92 bits per heavy atom. The number of fused-ring (bicyclic) bond motifs is 2. The summed E-state index contributed by atoms with van der Waals surface area (Å²) in [7, 11) is -3.51. The first-order valence-corrected chi connectivity index (χ1v) is 10.3. The van der Waals surface area contributed by atoms with Crippen molar-refractivity contribution in [3.8, 4) is 11.5 Å². The predicted molar refractivity (Wildman–Crippen MR) is 95.5 cm³/mol. The van der Waals surface area contributed by atoms with Crippen molar-refractivity contribution in [2.75, 3.05) is 19.0 Å². The Hall–Kier alpha value is -2.12. The number of aryl methyl sites for hydroxylation is 1. The number of ether oxygens (including phenoxy) is 2. The molecule has 1 atom stereocenters. The van der Waals surface area contributed by atoms with Gasteiger partial charge < -0.3 is 9.47 Å². The van der Waals surface area contributed by atoms with Crippen LogP contribution >= 0.6 is 0 Å². The van der Waals surface area contributed by atoms with E-state index < -0.39 is 21.9 Å². The quantitative estimate of drug-likeness (QED) is 0.870. The molecule has 7 heteroatoms. The Kier molecular flexibility index (Phi) is 4.58. The zero-order chi connectivity index (χ0) is 18.1. The maximum atomic E-state index is 13.8. The average molecular weight is 377 g/mol. The molecule has 2 aliphatic rings. The highest BCUT2D eigenvalue weighted by molar-refractivity contribution is 7.89. The molecule has 2 aromatic carbocycles. The molecular weight excluding hydrogens is 357 g/mol. The third-order valence-corrected chi connectivity index (χ3v) is 6.15. The molecule has 4 rings (SSSR count). The van der Waals surface area contributed by atoms with Crippen LogP contribution in [0.2, 0.25) is 0 Å². The Morgan fingerprint density at radius 1 is 1.15 bits per heavy atom. The fourth-order valence-corrected chi connectivity index (χ4v) is 4.73. The van der Waals surface area contributed by atoms with Crippen molar-refractivity contribution in [1.82, 2.24) is 4.72 Å². The van der Waals surface area contributed by atoms with Gasteiger partial charge in [-0.15, -0.1) is 0 Å². The topological polar surface area (TPSA) is 64.6 Å². The molecule has 26 heavy (non-hydrogen) atoms. The number of rotatable bonds is 5. The molecular formula is C19H20FNO4S. The summed E-state index contributed by atoms with van der Waals surface area (Å²) < 4.78 is 52.4. The lowest BCUT2D eigenvalue weighted by atomic mass is 10.0. The molecule has 5 nitrogen and oxygen atoms in total. The number of halogens is 1. The SMILES string of the molecule is O=S(=O)(CCc1ccc2c(c1)CCO2)N[C@H]1CCOc2c(F)cccc21. The van der Waals surface area contributed by atoms with Crippen LogP contribution in [-0.4, -0.2) is 27.4 Å². The molecule has 2 aliphatic heterocycles. The maximum absolute atomic E-state index is 13.8. The number of para-hydroxylation sites is 1. The molecule has 0 saturated carbocycles. The summed E-state index contributed by atoms with van der Waals surface area (Å²) >= 11 is 0. The molecule has 0 amide bonds. The molecule has 2 heterocycles. The van der Waals surface area contributed by atoms with E-state index in [2.05, 4.69) is 4.72 Å². The Balaban J connectivity index is 1.44. The van der Waals surface area contributed by atoms with Crippen LogP contribution in [0.1, 0.15) is 29.2 Å². The Morgan fingerprint density at radius 2 is 2.04 bits per heavy atom. The summed E-state index contributed by atoms with van der Waals surface area (Å²) in [5.74, 6) is 0.543. The maximum Gasteiger partial charge on any atom is 0.212 e. The molecule has 0 bridgehead atoms. The van der Waals surface area contributed by atoms with Crippen molar-refractivity contribution in [1.29, 1.82) is 0 Å². The number of nitrogens with one attached hydrogen (secondary N) is 1. The molecule has 0 radical (unpaired) electrons. The van der Waals surface area contributed by atoms with Gasteiger partial charge in [0.2, 0.25) is 10.0 Å². The summed E-state index contributed by atoms with van der Waals surface area (Å²) in [6.07, 6.45) is 1.76. The summed E-state index contributed by atoms with van der Waals surface area (Å²) in [6.45, 7) is 0.963. The second-order valence-electron chi connectivity index (χ2n) is 6.58. The van der Waals surface area contributed by atoms with Crippen LogP contribution in [0.25, 0.3) is 0 Å². The van der Waals surface area contributed by atoms with Crippen LogP contribution in [0.15, 0.2) is 36.4 Å². The third kappa shape index (κ3) is 3.54. The van der Waals surface area contributed by atoms with Crippen LogP contribution < -0.4 is 14.2 Å². The van der Waals surface area contributed by atoms with E-state index in [9.17, 15) is 12.8 Å². The van der Waals surface area contributed by atoms with Gasteiger partial charge in [-0.05, 0) is 29.7 Å². The highest BCUT2D eigenvalue weighted by Crippen LogP contribution is 2.34. The fourth-order valence-electron chi connectivity index (χ4n) is 3.43. The van der Waals surface area contributed by atoms with Crippen LogP contribution in [0, 0.1) is 5.82 Å². The monoisotopic (exact) mass is 377 g/mol. The van der Waals surface area contributed by atoms with Crippen molar-refractivity contribution in [3.63, 3.8) is 0 Å². The van der Waals surface area contributed by atoms with E-state index in [1.807, 2.05) is 18.2 Å². The fraction of sp³-hybridized carbons (Fsp3) is 0.368. The molecule has 2 aromatic rings. The largest absolute Gasteiger partial charge is 0.493 e. The van der Waals surface area contributed by atoms with Crippen molar-refractivity contribution in [2.45, 2.75) is 25.3 Å². The standard InChI is InChI=1S/C19H20FNO4S/c20-16-3-1-2-15-17(7-10-25-19(15)16)21-26(22,23)11-8-13-4-5-18-14(12-13)6-9-24-18/h1-5,12,17,21H,6-11H2/t17-/m0/s1. The van der Waals surface area contributed by atoms with Gasteiger partial charge in [0.05, 0.1) is 25.0 Å². The number of hydrogen-bond acceptors (Lipinski definition) is 4. The summed E-state index contributed by atoms with van der Waals surface area (Å²) in [5, 5.41) is 0. The van der Waals surface area contributed by atoms with Gasteiger partial charge >= 0.3 is 0 Å². The van der Waals surface area contributed by atoms with E-state index in [1.165, 1.54) is 6.07 Å². The van der Waals surface area contributed by atoms with Gasteiger partial charge in [-0.2, -0.15) is 0 Å². The van der Waals surface area contributed by atoms with Gasteiger partial charge in [-0.1, -0.05) is 24.3 Å². The Labute approximate surface area is 152 Å². The molecule has 138 valence electrons. The zero-order valence-electron chi connectivity index (χ0n) is 14.2. The second kappa shape index (κ2) is 6.89. The minimum Gasteiger partial charge on any atom is -0.493 e. The molecule has 0 unspecified atom stereocenters. The first-order chi connectivity index (χ1) is 12.5. The van der Waals surface area contributed by atoms with Crippen molar-refractivity contribution in [3.05, 3.63) is 58.9 Å². The van der Waals surface area contributed by atoms with Gasteiger partial charge in [0, 0.05) is 18.4 Å². The van der Waals surface area contributed by atoms with Crippen molar-refractivity contribution >= 4 is 10.0 Å². The van der Waals surface area contributed by atoms with Crippen LogP contribution in [0.3, 0.4) is 0 Å². The first-order valence-electron chi connectivity index (χ1n) is 8.68. The zero-order valence-corrected chi connectivity index (χ0v) is 15.0. The van der Waals surface area contributed by atoms with Gasteiger partial charge in [0.1, 0.15) is 5.75 Å². The van der Waals surface area contributed by atoms with Gasteiger partial charge in [-0.3, -0.25) is 0 Å². The lowest BCUT2D eigenvalue weighted by Gasteiger charge is -2.26. The van der Waals surface area contributed by atoms with Crippen molar-refractivity contribution in [2.24, 2.45) is 0 Å². The molecule has 0 fully saturated rings. The van der Waals surface area contributed by atoms with E-state index >= 15 is 0 Å². The van der Waals surface area contributed by atoms with E-state index in [4.69, 9.17) is 9.47 Å². The summed E-state index contributed by atoms with van der Waals surface area (Å²) in [5.41, 5.74) is 2.65. The van der Waals surface area contributed by atoms with Crippen LogP contribution in [0.5, 0.6) is 11.5 Å². The Bertz CT molecular complexity index is 929. The summed E-state index contributed by atoms with van der Waals surface area (Å²) in [6, 6.07) is 9.92.